The summed E-state index contributed by atoms with van der Waals surface area (Å²) in [6, 6.07) is 10.3. The van der Waals surface area contributed by atoms with Crippen LogP contribution in [-0.2, 0) is 4.74 Å². The van der Waals surface area contributed by atoms with Gasteiger partial charge in [-0.05, 0) is 25.0 Å². The molecule has 1 aliphatic heterocycles. The Kier molecular flexibility index (Phi) is 2.82. The number of hydrogen-bond acceptors (Lipinski definition) is 2. The van der Waals surface area contributed by atoms with Crippen molar-refractivity contribution in [1.82, 2.24) is 0 Å². The molecule has 0 spiro atoms. The molecular formula is C11H15NO. The number of anilines is 1. The number of nitrogens with one attached hydrogen (secondary N) is 1. The highest BCUT2D eigenvalue weighted by molar-refractivity contribution is 5.42. The quantitative estimate of drug-likeness (QED) is 0.551. The van der Waals surface area contributed by atoms with Crippen molar-refractivity contribution in [2.24, 2.45) is 0 Å². The van der Waals surface area contributed by atoms with Crippen LogP contribution in [0.3, 0.4) is 0 Å². The molecule has 1 aromatic rings. The van der Waals surface area contributed by atoms with Crippen LogP contribution in [0.1, 0.15) is 12.8 Å². The van der Waals surface area contributed by atoms with Gasteiger partial charge in [-0.2, -0.15) is 0 Å². The largest absolute Gasteiger partial charge is 0.385 e. The number of ether oxygens (including phenoxy) is 1. The van der Waals surface area contributed by atoms with E-state index in [4.69, 9.17) is 4.74 Å². The average molecular weight is 177 g/mol. The van der Waals surface area contributed by atoms with Crippen molar-refractivity contribution in [3.8, 4) is 0 Å². The lowest BCUT2D eigenvalue weighted by atomic mass is 10.2. The van der Waals surface area contributed by atoms with E-state index in [0.717, 1.165) is 13.2 Å². The van der Waals surface area contributed by atoms with Crippen molar-refractivity contribution in [1.29, 1.82) is 0 Å². The summed E-state index contributed by atoms with van der Waals surface area (Å²) in [4.78, 5) is 0. The summed E-state index contributed by atoms with van der Waals surface area (Å²) in [6.45, 7) is 2.02. The Morgan fingerprint density at radius 2 is 2.08 bits per heavy atom. The Morgan fingerprint density at radius 3 is 2.77 bits per heavy atom. The fraction of sp³-hybridized carbons (Fsp3) is 0.455. The first-order chi connectivity index (χ1) is 6.45. The first-order valence-corrected chi connectivity index (χ1v) is 4.86. The van der Waals surface area contributed by atoms with Crippen LogP contribution in [0, 0.1) is 0 Å². The lowest BCUT2D eigenvalue weighted by Gasteiger charge is -2.04. The van der Waals surface area contributed by atoms with E-state index in [0.29, 0.717) is 6.10 Å². The van der Waals surface area contributed by atoms with Crippen molar-refractivity contribution in [2.45, 2.75) is 18.9 Å². The maximum absolute atomic E-state index is 5.13. The van der Waals surface area contributed by atoms with Crippen molar-refractivity contribution < 1.29 is 4.74 Å². The fourth-order valence-electron chi connectivity index (χ4n) is 1.35. The molecule has 0 saturated carbocycles. The molecular weight excluding hydrogens is 162 g/mol. The summed E-state index contributed by atoms with van der Waals surface area (Å²) in [5.74, 6) is 0. The third kappa shape index (κ3) is 3.07. The van der Waals surface area contributed by atoms with Crippen molar-refractivity contribution in [3.63, 3.8) is 0 Å². The number of rotatable bonds is 5. The molecule has 1 aliphatic rings. The molecule has 1 N–H and O–H groups in total. The fourth-order valence-corrected chi connectivity index (χ4v) is 1.35. The Labute approximate surface area is 78.9 Å². The first-order valence-electron chi connectivity index (χ1n) is 4.86. The summed E-state index contributed by atoms with van der Waals surface area (Å²) in [5, 5.41) is 3.37. The molecule has 70 valence electrons. The van der Waals surface area contributed by atoms with E-state index in [2.05, 4.69) is 17.4 Å². The second-order valence-corrected chi connectivity index (χ2v) is 3.39. The van der Waals surface area contributed by atoms with Crippen LogP contribution >= 0.6 is 0 Å². The molecule has 2 rings (SSSR count). The molecule has 2 heteroatoms. The van der Waals surface area contributed by atoms with E-state index in [1.807, 2.05) is 18.2 Å². The second kappa shape index (κ2) is 4.28. The van der Waals surface area contributed by atoms with E-state index >= 15 is 0 Å². The van der Waals surface area contributed by atoms with Gasteiger partial charge in [-0.1, -0.05) is 18.2 Å². The summed E-state index contributed by atoms with van der Waals surface area (Å²) in [6.07, 6.45) is 2.96. The molecule has 0 aromatic heterocycles. The second-order valence-electron chi connectivity index (χ2n) is 3.39. The lowest BCUT2D eigenvalue weighted by Crippen LogP contribution is -2.02. The van der Waals surface area contributed by atoms with Crippen LogP contribution in [0.15, 0.2) is 30.3 Å². The zero-order valence-corrected chi connectivity index (χ0v) is 7.70. The Balaban J connectivity index is 1.61. The monoisotopic (exact) mass is 177 g/mol. The minimum Gasteiger partial charge on any atom is -0.385 e. The highest BCUT2D eigenvalue weighted by atomic mass is 16.6. The molecule has 0 bridgehead atoms. The van der Waals surface area contributed by atoms with E-state index in [1.165, 1.54) is 18.5 Å². The van der Waals surface area contributed by atoms with Gasteiger partial charge in [-0.25, -0.2) is 0 Å². The number of para-hydroxylation sites is 1. The Hall–Kier alpha value is -1.02. The molecule has 1 fully saturated rings. The maximum Gasteiger partial charge on any atom is 0.0810 e. The molecule has 1 atom stereocenters. The van der Waals surface area contributed by atoms with Gasteiger partial charge in [-0.15, -0.1) is 0 Å². The summed E-state index contributed by atoms with van der Waals surface area (Å²) in [7, 11) is 0. The molecule has 0 aliphatic carbocycles. The summed E-state index contributed by atoms with van der Waals surface area (Å²) >= 11 is 0. The number of hydrogen-bond donors (Lipinski definition) is 1. The highest BCUT2D eigenvalue weighted by Gasteiger charge is 2.20. The van der Waals surface area contributed by atoms with Crippen LogP contribution in [-0.4, -0.2) is 19.3 Å². The van der Waals surface area contributed by atoms with Gasteiger partial charge in [0.2, 0.25) is 0 Å². The van der Waals surface area contributed by atoms with Gasteiger partial charge in [-0.3, -0.25) is 0 Å². The van der Waals surface area contributed by atoms with E-state index < -0.39 is 0 Å². The van der Waals surface area contributed by atoms with Crippen LogP contribution in [0.2, 0.25) is 0 Å². The average Bonchev–Trinajstić information content (AvgIpc) is 2.98. The molecule has 0 amide bonds. The maximum atomic E-state index is 5.13. The predicted octanol–water partition coefficient (Wildman–Crippen LogP) is 2.28. The molecule has 2 nitrogen and oxygen atoms in total. The molecule has 13 heavy (non-hydrogen) atoms. The van der Waals surface area contributed by atoms with Crippen LogP contribution < -0.4 is 5.32 Å². The smallest absolute Gasteiger partial charge is 0.0810 e. The van der Waals surface area contributed by atoms with Crippen molar-refractivity contribution >= 4 is 5.69 Å². The third-order valence-corrected chi connectivity index (χ3v) is 2.21. The van der Waals surface area contributed by atoms with Gasteiger partial charge in [0.1, 0.15) is 0 Å². The van der Waals surface area contributed by atoms with Crippen LogP contribution in [0.4, 0.5) is 5.69 Å². The Bertz CT molecular complexity index is 244. The van der Waals surface area contributed by atoms with E-state index in [9.17, 15) is 0 Å². The topological polar surface area (TPSA) is 24.6 Å². The third-order valence-electron chi connectivity index (χ3n) is 2.21. The lowest BCUT2D eigenvalue weighted by molar-refractivity contribution is 0.394. The van der Waals surface area contributed by atoms with Crippen LogP contribution in [0.25, 0.3) is 0 Å². The number of benzene rings is 1. The summed E-state index contributed by atoms with van der Waals surface area (Å²) in [5.41, 5.74) is 1.21. The van der Waals surface area contributed by atoms with E-state index in [-0.39, 0.29) is 0 Å². The van der Waals surface area contributed by atoms with E-state index in [1.54, 1.807) is 0 Å². The molecule has 1 aromatic carbocycles. The first kappa shape index (κ1) is 8.57. The predicted molar refractivity (Wildman–Crippen MR) is 53.9 cm³/mol. The van der Waals surface area contributed by atoms with Crippen molar-refractivity contribution in [2.75, 3.05) is 18.5 Å². The molecule has 1 heterocycles. The van der Waals surface area contributed by atoms with Gasteiger partial charge in [0, 0.05) is 12.2 Å². The molecule has 0 radical (unpaired) electrons. The zero-order valence-electron chi connectivity index (χ0n) is 7.70. The van der Waals surface area contributed by atoms with Gasteiger partial charge in [0.05, 0.1) is 12.7 Å². The highest BCUT2D eigenvalue weighted by Crippen LogP contribution is 2.15. The minimum absolute atomic E-state index is 0.567. The zero-order chi connectivity index (χ0) is 8.93. The molecule has 1 unspecified atom stereocenters. The van der Waals surface area contributed by atoms with Gasteiger partial charge in [0.15, 0.2) is 0 Å². The van der Waals surface area contributed by atoms with Gasteiger partial charge >= 0.3 is 0 Å². The molecule has 1 saturated heterocycles. The van der Waals surface area contributed by atoms with Crippen molar-refractivity contribution in [3.05, 3.63) is 30.3 Å². The summed E-state index contributed by atoms with van der Waals surface area (Å²) < 4.78 is 5.13. The Morgan fingerprint density at radius 1 is 1.31 bits per heavy atom. The SMILES string of the molecule is c1ccc(NCCCC2CO2)cc1. The standard InChI is InChI=1S/C11H15NO/c1-2-5-10(6-3-1)12-8-4-7-11-9-13-11/h1-3,5-6,11-12H,4,7-9H2. The van der Waals surface area contributed by atoms with Gasteiger partial charge in [0.25, 0.3) is 0 Å². The number of epoxide rings is 1. The minimum atomic E-state index is 0.567. The normalized spacial score (nSPS) is 19.8. The van der Waals surface area contributed by atoms with Crippen LogP contribution in [0.5, 0.6) is 0 Å². The van der Waals surface area contributed by atoms with Gasteiger partial charge < -0.3 is 10.1 Å².